The molecule has 1 aromatic rings. The van der Waals surface area contributed by atoms with Gasteiger partial charge in [0, 0.05) is 37.1 Å². The Morgan fingerprint density at radius 3 is 2.78 bits per heavy atom. The maximum absolute atomic E-state index is 13.8. The first-order chi connectivity index (χ1) is 13.0. The molecule has 1 aromatic carbocycles. The highest BCUT2D eigenvalue weighted by Crippen LogP contribution is 2.34. The van der Waals surface area contributed by atoms with Gasteiger partial charge in [0.25, 0.3) is 0 Å². The van der Waals surface area contributed by atoms with E-state index in [1.165, 1.54) is 6.07 Å². The molecule has 3 nitrogen and oxygen atoms in total. The number of aliphatic hydroxyl groups is 1. The molecule has 2 heterocycles. The van der Waals surface area contributed by atoms with Gasteiger partial charge in [-0.05, 0) is 55.7 Å². The Bertz CT molecular complexity index is 876. The van der Waals surface area contributed by atoms with Gasteiger partial charge >= 0.3 is 0 Å². The minimum atomic E-state index is -0.188. The number of rotatable bonds is 4. The minimum absolute atomic E-state index is 0.00271. The van der Waals surface area contributed by atoms with Gasteiger partial charge in [0.15, 0.2) is 0 Å². The predicted molar refractivity (Wildman–Crippen MR) is 109 cm³/mol. The largest absolute Gasteiger partial charge is 0.390 e. The monoisotopic (exact) mass is 366 g/mol. The van der Waals surface area contributed by atoms with Crippen LogP contribution < -0.4 is 0 Å². The Kier molecular flexibility index (Phi) is 5.66. The molecule has 4 heteroatoms. The van der Waals surface area contributed by atoms with E-state index < -0.39 is 0 Å². The van der Waals surface area contributed by atoms with Crippen LogP contribution in [0.2, 0.25) is 0 Å². The molecule has 0 aromatic heterocycles. The summed E-state index contributed by atoms with van der Waals surface area (Å²) in [7, 11) is 2.05. The highest BCUT2D eigenvalue weighted by Gasteiger charge is 2.22. The van der Waals surface area contributed by atoms with Gasteiger partial charge in [-0.25, -0.2) is 4.39 Å². The highest BCUT2D eigenvalue weighted by atomic mass is 19.1. The smallest absolute Gasteiger partial charge is 0.126 e. The third kappa shape index (κ3) is 3.76. The van der Waals surface area contributed by atoms with Crippen LogP contribution in [0, 0.1) is 12.7 Å². The molecule has 0 bridgehead atoms. The SMILES string of the molecule is C/C=C(/CO)N1C=C(C2=C(c3ccc(F)c(C)c3)N(C)CC=C2)C=CC1C. The first-order valence-electron chi connectivity index (χ1n) is 9.29. The highest BCUT2D eigenvalue weighted by molar-refractivity contribution is 5.77. The average molecular weight is 366 g/mol. The molecule has 1 N–H and O–H groups in total. The van der Waals surface area contributed by atoms with E-state index in [9.17, 15) is 9.50 Å². The number of aryl methyl sites for hydroxylation is 1. The minimum Gasteiger partial charge on any atom is -0.390 e. The van der Waals surface area contributed by atoms with Crippen LogP contribution in [-0.4, -0.2) is 41.1 Å². The lowest BCUT2D eigenvalue weighted by molar-refractivity contribution is 0.272. The van der Waals surface area contributed by atoms with Crippen molar-refractivity contribution in [3.63, 3.8) is 0 Å². The van der Waals surface area contributed by atoms with Gasteiger partial charge in [-0.2, -0.15) is 0 Å². The van der Waals surface area contributed by atoms with E-state index in [0.29, 0.717) is 5.56 Å². The van der Waals surface area contributed by atoms with Crippen LogP contribution in [0.3, 0.4) is 0 Å². The van der Waals surface area contributed by atoms with Gasteiger partial charge in [-0.15, -0.1) is 0 Å². The van der Waals surface area contributed by atoms with Crippen molar-refractivity contribution in [1.82, 2.24) is 9.80 Å². The second-order valence-corrected chi connectivity index (χ2v) is 7.04. The van der Waals surface area contributed by atoms with Crippen molar-refractivity contribution in [3.05, 3.63) is 88.6 Å². The fourth-order valence-electron chi connectivity index (χ4n) is 3.58. The summed E-state index contributed by atoms with van der Waals surface area (Å²) in [6, 6.07) is 5.45. The topological polar surface area (TPSA) is 26.7 Å². The molecule has 0 amide bonds. The Hall–Kier alpha value is -2.59. The molecule has 0 aliphatic carbocycles. The van der Waals surface area contributed by atoms with Crippen LogP contribution in [0.5, 0.6) is 0 Å². The van der Waals surface area contributed by atoms with Crippen LogP contribution in [0.15, 0.2) is 71.6 Å². The number of benzene rings is 1. The number of halogens is 1. The number of nitrogens with zero attached hydrogens (tertiary/aromatic N) is 2. The maximum atomic E-state index is 13.8. The first-order valence-corrected chi connectivity index (χ1v) is 9.29. The normalized spacial score (nSPS) is 20.4. The molecule has 3 rings (SSSR count). The summed E-state index contributed by atoms with van der Waals surface area (Å²) in [4.78, 5) is 4.28. The number of hydrogen-bond acceptors (Lipinski definition) is 3. The van der Waals surface area contributed by atoms with E-state index in [2.05, 4.69) is 54.3 Å². The molecular weight excluding hydrogens is 339 g/mol. The lowest BCUT2D eigenvalue weighted by atomic mass is 9.93. The Balaban J connectivity index is 2.13. The van der Waals surface area contributed by atoms with E-state index in [1.54, 1.807) is 6.92 Å². The van der Waals surface area contributed by atoms with Crippen LogP contribution >= 0.6 is 0 Å². The molecule has 0 saturated carbocycles. The first kappa shape index (κ1) is 19.2. The average Bonchev–Trinajstić information content (AvgIpc) is 2.66. The molecule has 27 heavy (non-hydrogen) atoms. The summed E-state index contributed by atoms with van der Waals surface area (Å²) in [6.07, 6.45) is 12.6. The molecule has 1 unspecified atom stereocenters. The van der Waals surface area contributed by atoms with E-state index in [1.807, 2.05) is 25.1 Å². The van der Waals surface area contributed by atoms with E-state index in [0.717, 1.165) is 34.6 Å². The summed E-state index contributed by atoms with van der Waals surface area (Å²) in [6.45, 7) is 6.63. The number of aliphatic hydroxyl groups excluding tert-OH is 1. The van der Waals surface area contributed by atoms with Crippen molar-refractivity contribution < 1.29 is 9.50 Å². The molecule has 1 atom stereocenters. The summed E-state index contributed by atoms with van der Waals surface area (Å²) in [5.41, 5.74) is 5.76. The van der Waals surface area contributed by atoms with Gasteiger partial charge in [0.1, 0.15) is 5.82 Å². The van der Waals surface area contributed by atoms with Gasteiger partial charge in [-0.1, -0.05) is 30.4 Å². The lowest BCUT2D eigenvalue weighted by Gasteiger charge is -2.33. The summed E-state index contributed by atoms with van der Waals surface area (Å²) in [5.74, 6) is -0.188. The number of likely N-dealkylation sites (N-methyl/N-ethyl adjacent to an activating group) is 1. The summed E-state index contributed by atoms with van der Waals surface area (Å²) < 4.78 is 13.8. The zero-order chi connectivity index (χ0) is 19.6. The van der Waals surface area contributed by atoms with Crippen LogP contribution in [-0.2, 0) is 0 Å². The fraction of sp³-hybridized carbons (Fsp3) is 0.304. The molecule has 2 aliphatic heterocycles. The van der Waals surface area contributed by atoms with Gasteiger partial charge < -0.3 is 14.9 Å². The van der Waals surface area contributed by atoms with E-state index >= 15 is 0 Å². The second kappa shape index (κ2) is 7.97. The zero-order valence-electron chi connectivity index (χ0n) is 16.4. The molecule has 0 fully saturated rings. The Morgan fingerprint density at radius 2 is 2.11 bits per heavy atom. The standard InChI is InChI=1S/C23H27FN2O/c1-5-20(15-27)26-14-19(9-8-17(26)3)21-7-6-12-25(4)23(21)18-10-11-22(24)16(2)13-18/h5-11,13-14,17,27H,12,15H2,1-4H3/b20-5-. The van der Waals surface area contributed by atoms with Crippen molar-refractivity contribution >= 4 is 5.70 Å². The van der Waals surface area contributed by atoms with Crippen LogP contribution in [0.25, 0.3) is 5.70 Å². The number of allylic oxidation sites excluding steroid dienone is 5. The fourth-order valence-corrected chi connectivity index (χ4v) is 3.58. The molecule has 142 valence electrons. The maximum Gasteiger partial charge on any atom is 0.126 e. The zero-order valence-corrected chi connectivity index (χ0v) is 16.4. The van der Waals surface area contributed by atoms with Gasteiger partial charge in [0.05, 0.1) is 12.3 Å². The van der Waals surface area contributed by atoms with E-state index in [-0.39, 0.29) is 18.5 Å². The van der Waals surface area contributed by atoms with Crippen molar-refractivity contribution in [2.75, 3.05) is 20.2 Å². The third-order valence-electron chi connectivity index (χ3n) is 5.14. The predicted octanol–water partition coefficient (Wildman–Crippen LogP) is 4.39. The quantitative estimate of drug-likeness (QED) is 0.856. The summed E-state index contributed by atoms with van der Waals surface area (Å²) in [5, 5.41) is 9.69. The van der Waals surface area contributed by atoms with Crippen molar-refractivity contribution in [1.29, 1.82) is 0 Å². The second-order valence-electron chi connectivity index (χ2n) is 7.04. The number of hydrogen-bond donors (Lipinski definition) is 1. The Morgan fingerprint density at radius 1 is 1.33 bits per heavy atom. The van der Waals surface area contributed by atoms with Crippen molar-refractivity contribution in [2.45, 2.75) is 26.8 Å². The van der Waals surface area contributed by atoms with Crippen LogP contribution in [0.1, 0.15) is 25.0 Å². The van der Waals surface area contributed by atoms with Crippen molar-refractivity contribution in [3.8, 4) is 0 Å². The molecular formula is C23H27FN2O. The summed E-state index contributed by atoms with van der Waals surface area (Å²) >= 11 is 0. The van der Waals surface area contributed by atoms with Crippen LogP contribution in [0.4, 0.5) is 4.39 Å². The van der Waals surface area contributed by atoms with Gasteiger partial charge in [0.2, 0.25) is 0 Å². The molecule has 0 spiro atoms. The third-order valence-corrected chi connectivity index (χ3v) is 5.14. The molecule has 0 saturated heterocycles. The Labute approximate surface area is 161 Å². The van der Waals surface area contributed by atoms with Gasteiger partial charge in [-0.3, -0.25) is 0 Å². The molecule has 0 radical (unpaired) electrons. The van der Waals surface area contributed by atoms with E-state index in [4.69, 9.17) is 0 Å². The lowest BCUT2D eigenvalue weighted by Crippen LogP contribution is -2.30. The molecule has 2 aliphatic rings. The van der Waals surface area contributed by atoms with Crippen molar-refractivity contribution in [2.24, 2.45) is 0 Å².